The van der Waals surface area contributed by atoms with E-state index in [9.17, 15) is 14.4 Å². The van der Waals surface area contributed by atoms with E-state index in [2.05, 4.69) is 16.0 Å². The lowest BCUT2D eigenvalue weighted by molar-refractivity contribution is -0.121. The van der Waals surface area contributed by atoms with Gasteiger partial charge < -0.3 is 16.0 Å². The zero-order valence-corrected chi connectivity index (χ0v) is 13.1. The number of rotatable bonds is 5. The lowest BCUT2D eigenvalue weighted by Crippen LogP contribution is -2.34. The zero-order valence-electron chi connectivity index (χ0n) is 13.1. The van der Waals surface area contributed by atoms with E-state index in [0.717, 1.165) is 16.8 Å². The highest BCUT2D eigenvalue weighted by atomic mass is 16.2. The van der Waals surface area contributed by atoms with Crippen LogP contribution in [-0.4, -0.2) is 30.8 Å². The Bertz CT molecular complexity index is 623. The summed E-state index contributed by atoms with van der Waals surface area (Å²) in [6.07, 6.45) is 0.248. The summed E-state index contributed by atoms with van der Waals surface area (Å²) in [5, 5.41) is 8.20. The molecule has 6 nitrogen and oxygen atoms in total. The van der Waals surface area contributed by atoms with Crippen LogP contribution < -0.4 is 16.0 Å². The molecule has 3 N–H and O–H groups in total. The van der Waals surface area contributed by atoms with Crippen LogP contribution in [-0.2, 0) is 26.2 Å². The molecule has 0 aromatic heterocycles. The molecule has 0 saturated carbocycles. The van der Waals surface area contributed by atoms with Crippen molar-refractivity contribution in [3.05, 3.63) is 29.3 Å². The second-order valence-corrected chi connectivity index (χ2v) is 5.97. The van der Waals surface area contributed by atoms with Crippen molar-refractivity contribution in [1.82, 2.24) is 10.6 Å². The van der Waals surface area contributed by atoms with Gasteiger partial charge in [-0.3, -0.25) is 14.4 Å². The Morgan fingerprint density at radius 1 is 1.18 bits per heavy atom. The van der Waals surface area contributed by atoms with Crippen molar-refractivity contribution < 1.29 is 14.4 Å². The van der Waals surface area contributed by atoms with Crippen molar-refractivity contribution in [3.63, 3.8) is 0 Å². The normalized spacial score (nSPS) is 15.0. The zero-order chi connectivity index (χ0) is 16.3. The van der Waals surface area contributed by atoms with Crippen molar-refractivity contribution in [1.29, 1.82) is 0 Å². The fraction of sp³-hybridized carbons (Fsp3) is 0.438. The van der Waals surface area contributed by atoms with Crippen molar-refractivity contribution in [2.24, 2.45) is 0 Å². The largest absolute Gasteiger partial charge is 0.355 e. The van der Waals surface area contributed by atoms with E-state index in [1.807, 2.05) is 32.0 Å². The molecule has 118 valence electrons. The van der Waals surface area contributed by atoms with Crippen LogP contribution in [0.3, 0.4) is 0 Å². The number of amides is 3. The molecule has 2 rings (SSSR count). The molecule has 1 aromatic carbocycles. The molecule has 0 spiro atoms. The maximum atomic E-state index is 11.9. The first kappa shape index (κ1) is 16.0. The van der Waals surface area contributed by atoms with Crippen LogP contribution in [0.25, 0.3) is 0 Å². The van der Waals surface area contributed by atoms with Gasteiger partial charge >= 0.3 is 0 Å². The summed E-state index contributed by atoms with van der Waals surface area (Å²) in [5.41, 5.74) is 2.01. The molecule has 0 fully saturated rings. The predicted molar refractivity (Wildman–Crippen MR) is 83.5 cm³/mol. The molecule has 1 aromatic rings. The first-order valence-electron chi connectivity index (χ1n) is 7.26. The third-order valence-corrected chi connectivity index (χ3v) is 3.76. The van der Waals surface area contributed by atoms with Crippen LogP contribution in [0.1, 0.15) is 31.9 Å². The van der Waals surface area contributed by atoms with Crippen molar-refractivity contribution in [2.75, 3.05) is 18.4 Å². The highest BCUT2D eigenvalue weighted by molar-refractivity contribution is 6.05. The fourth-order valence-electron chi connectivity index (χ4n) is 2.42. The van der Waals surface area contributed by atoms with Crippen molar-refractivity contribution in [3.8, 4) is 0 Å². The van der Waals surface area contributed by atoms with Crippen LogP contribution in [0.4, 0.5) is 5.69 Å². The van der Waals surface area contributed by atoms with Crippen LogP contribution in [0, 0.1) is 0 Å². The number of anilines is 1. The minimum Gasteiger partial charge on any atom is -0.355 e. The van der Waals surface area contributed by atoms with E-state index < -0.39 is 5.41 Å². The Balaban J connectivity index is 1.95. The lowest BCUT2D eigenvalue weighted by atomic mass is 9.85. The van der Waals surface area contributed by atoms with Gasteiger partial charge in [-0.1, -0.05) is 12.1 Å². The molecule has 6 heteroatoms. The summed E-state index contributed by atoms with van der Waals surface area (Å²) in [6.45, 7) is 5.98. The van der Waals surface area contributed by atoms with Crippen LogP contribution in [0.2, 0.25) is 0 Å². The Morgan fingerprint density at radius 3 is 2.55 bits per heavy atom. The molecule has 0 aliphatic carbocycles. The topological polar surface area (TPSA) is 87.3 Å². The summed E-state index contributed by atoms with van der Waals surface area (Å²) in [5.74, 6) is -0.257. The molecule has 1 aliphatic heterocycles. The van der Waals surface area contributed by atoms with E-state index >= 15 is 0 Å². The maximum Gasteiger partial charge on any atom is 0.234 e. The standard InChI is InChI=1S/C16H21N3O3/c1-10(20)17-6-7-18-14(21)9-11-4-5-13-12(8-11)16(2,3)15(22)19-13/h4-5,8H,6-7,9H2,1-3H3,(H,17,20)(H,18,21)(H,19,22). The van der Waals surface area contributed by atoms with Crippen LogP contribution in [0.15, 0.2) is 18.2 Å². The molecule has 0 unspecified atom stereocenters. The highest BCUT2D eigenvalue weighted by Crippen LogP contribution is 2.37. The number of hydrogen-bond acceptors (Lipinski definition) is 3. The smallest absolute Gasteiger partial charge is 0.234 e. The van der Waals surface area contributed by atoms with E-state index in [1.54, 1.807) is 0 Å². The molecule has 0 saturated heterocycles. The van der Waals surface area contributed by atoms with Crippen LogP contribution >= 0.6 is 0 Å². The number of fused-ring (bicyclic) bond motifs is 1. The maximum absolute atomic E-state index is 11.9. The van der Waals surface area contributed by atoms with E-state index in [1.165, 1.54) is 6.92 Å². The monoisotopic (exact) mass is 303 g/mol. The molecular formula is C16H21N3O3. The average molecular weight is 303 g/mol. The van der Waals surface area contributed by atoms with Gasteiger partial charge in [-0.05, 0) is 31.0 Å². The first-order valence-corrected chi connectivity index (χ1v) is 7.26. The summed E-state index contributed by atoms with van der Waals surface area (Å²) < 4.78 is 0. The number of hydrogen-bond donors (Lipinski definition) is 3. The highest BCUT2D eigenvalue weighted by Gasteiger charge is 2.38. The molecule has 3 amide bonds. The van der Waals surface area contributed by atoms with Gasteiger partial charge in [0.1, 0.15) is 0 Å². The second kappa shape index (κ2) is 6.17. The van der Waals surface area contributed by atoms with Gasteiger partial charge in [0.25, 0.3) is 0 Å². The van der Waals surface area contributed by atoms with Gasteiger partial charge in [0.15, 0.2) is 0 Å². The average Bonchev–Trinajstić information content (AvgIpc) is 2.66. The Morgan fingerprint density at radius 2 is 1.86 bits per heavy atom. The lowest BCUT2D eigenvalue weighted by Gasteiger charge is -2.15. The number of carbonyl (C=O) groups excluding carboxylic acids is 3. The van der Waals surface area contributed by atoms with Gasteiger partial charge in [-0.25, -0.2) is 0 Å². The Kier molecular flexibility index (Phi) is 4.49. The number of benzene rings is 1. The van der Waals surface area contributed by atoms with Gasteiger partial charge in [-0.15, -0.1) is 0 Å². The number of nitrogens with one attached hydrogen (secondary N) is 3. The second-order valence-electron chi connectivity index (χ2n) is 5.97. The summed E-state index contributed by atoms with van der Waals surface area (Å²) in [7, 11) is 0. The predicted octanol–water partition coefficient (Wildman–Crippen LogP) is 0.711. The summed E-state index contributed by atoms with van der Waals surface area (Å²) >= 11 is 0. The Hall–Kier alpha value is -2.37. The molecule has 0 radical (unpaired) electrons. The van der Waals surface area contributed by atoms with Gasteiger partial charge in [0, 0.05) is 25.7 Å². The molecule has 0 atom stereocenters. The van der Waals surface area contributed by atoms with Gasteiger partial charge in [0.05, 0.1) is 11.8 Å². The third kappa shape index (κ3) is 3.44. The number of carbonyl (C=O) groups is 3. The van der Waals surface area contributed by atoms with E-state index in [-0.39, 0.29) is 24.1 Å². The molecule has 22 heavy (non-hydrogen) atoms. The third-order valence-electron chi connectivity index (χ3n) is 3.76. The summed E-state index contributed by atoms with van der Waals surface area (Å²) in [6, 6.07) is 5.58. The van der Waals surface area contributed by atoms with Gasteiger partial charge in [0.2, 0.25) is 17.7 Å². The first-order chi connectivity index (χ1) is 10.3. The molecule has 0 bridgehead atoms. The quantitative estimate of drug-likeness (QED) is 0.700. The van der Waals surface area contributed by atoms with Crippen molar-refractivity contribution in [2.45, 2.75) is 32.6 Å². The molecule has 1 aliphatic rings. The van der Waals surface area contributed by atoms with E-state index in [0.29, 0.717) is 13.1 Å². The summed E-state index contributed by atoms with van der Waals surface area (Å²) in [4.78, 5) is 34.5. The Labute approximate surface area is 129 Å². The van der Waals surface area contributed by atoms with Crippen LogP contribution in [0.5, 0.6) is 0 Å². The van der Waals surface area contributed by atoms with E-state index in [4.69, 9.17) is 0 Å². The fourth-order valence-corrected chi connectivity index (χ4v) is 2.42. The minimum absolute atomic E-state index is 0.0283. The minimum atomic E-state index is -0.576. The van der Waals surface area contributed by atoms with Gasteiger partial charge in [-0.2, -0.15) is 0 Å². The van der Waals surface area contributed by atoms with Crippen molar-refractivity contribution >= 4 is 23.4 Å². The SMILES string of the molecule is CC(=O)NCCNC(=O)Cc1ccc2c(c1)C(C)(C)C(=O)N2. The molecule has 1 heterocycles. The molecular weight excluding hydrogens is 282 g/mol.